The average Bonchev–Trinajstić information content (AvgIpc) is 2.76. The SMILES string of the molecule is Cc1ccn(-c2cccc3c2ccc[n+]3O)n1. The van der Waals surface area contributed by atoms with Gasteiger partial charge >= 0.3 is 0 Å². The summed E-state index contributed by atoms with van der Waals surface area (Å²) in [5.41, 5.74) is 2.69. The molecule has 4 nitrogen and oxygen atoms in total. The van der Waals surface area contributed by atoms with E-state index in [1.807, 2.05) is 54.2 Å². The normalized spacial score (nSPS) is 10.9. The first-order chi connectivity index (χ1) is 8.25. The molecule has 0 fully saturated rings. The number of benzene rings is 1. The summed E-state index contributed by atoms with van der Waals surface area (Å²) in [6, 6.07) is 11.5. The number of hydrogen-bond acceptors (Lipinski definition) is 2. The fraction of sp³-hybridized carbons (Fsp3) is 0.0769. The maximum absolute atomic E-state index is 9.73. The lowest BCUT2D eigenvalue weighted by atomic mass is 10.2. The van der Waals surface area contributed by atoms with E-state index >= 15 is 0 Å². The minimum Gasteiger partial charge on any atom is -0.285 e. The fourth-order valence-corrected chi connectivity index (χ4v) is 1.96. The monoisotopic (exact) mass is 226 g/mol. The van der Waals surface area contributed by atoms with Crippen LogP contribution in [0.4, 0.5) is 0 Å². The first-order valence-electron chi connectivity index (χ1n) is 5.41. The highest BCUT2D eigenvalue weighted by molar-refractivity contribution is 5.84. The summed E-state index contributed by atoms with van der Waals surface area (Å²) in [7, 11) is 0. The standard InChI is InChI=1S/C13H12N3O/c1-10-7-9-15(14-10)12-5-2-6-13-11(12)4-3-8-16(13)17/h2-9,17H,1H3/q+1. The molecule has 1 aromatic carbocycles. The summed E-state index contributed by atoms with van der Waals surface area (Å²) in [6.07, 6.45) is 3.53. The van der Waals surface area contributed by atoms with Gasteiger partial charge in [0.25, 0.3) is 5.52 Å². The van der Waals surface area contributed by atoms with Gasteiger partial charge in [-0.25, -0.2) is 4.68 Å². The molecule has 0 atom stereocenters. The van der Waals surface area contributed by atoms with Gasteiger partial charge in [0.1, 0.15) is 0 Å². The molecule has 3 rings (SSSR count). The van der Waals surface area contributed by atoms with Gasteiger partial charge in [0, 0.05) is 23.1 Å². The molecule has 0 bridgehead atoms. The van der Waals surface area contributed by atoms with Crippen LogP contribution in [0.25, 0.3) is 16.6 Å². The lowest BCUT2D eigenvalue weighted by Crippen LogP contribution is -2.29. The highest BCUT2D eigenvalue weighted by atomic mass is 16.5. The van der Waals surface area contributed by atoms with Gasteiger partial charge in [0.2, 0.25) is 6.20 Å². The number of pyridine rings is 1. The number of fused-ring (bicyclic) bond motifs is 1. The Morgan fingerprint density at radius 2 is 2.06 bits per heavy atom. The minimum absolute atomic E-state index is 0.762. The molecule has 3 aromatic rings. The molecule has 2 aromatic heterocycles. The van der Waals surface area contributed by atoms with Crippen LogP contribution in [-0.2, 0) is 0 Å². The number of hydrogen-bond donors (Lipinski definition) is 1. The van der Waals surface area contributed by atoms with Gasteiger partial charge < -0.3 is 0 Å². The van der Waals surface area contributed by atoms with E-state index in [0.29, 0.717) is 0 Å². The van der Waals surface area contributed by atoms with Crippen molar-refractivity contribution >= 4 is 10.9 Å². The summed E-state index contributed by atoms with van der Waals surface area (Å²) in [5, 5.41) is 15.1. The van der Waals surface area contributed by atoms with E-state index in [1.165, 1.54) is 0 Å². The molecule has 0 spiro atoms. The Hall–Kier alpha value is -2.36. The van der Waals surface area contributed by atoms with Crippen LogP contribution < -0.4 is 4.73 Å². The highest BCUT2D eigenvalue weighted by Gasteiger charge is 2.11. The van der Waals surface area contributed by atoms with Crippen molar-refractivity contribution in [2.24, 2.45) is 0 Å². The van der Waals surface area contributed by atoms with Gasteiger partial charge in [-0.1, -0.05) is 6.07 Å². The van der Waals surface area contributed by atoms with Gasteiger partial charge in [-0.05, 0) is 25.1 Å². The molecule has 0 saturated heterocycles. The van der Waals surface area contributed by atoms with E-state index in [2.05, 4.69) is 5.10 Å². The zero-order valence-electron chi connectivity index (χ0n) is 9.41. The van der Waals surface area contributed by atoms with Crippen LogP contribution in [0.5, 0.6) is 0 Å². The Labute approximate surface area is 98.3 Å². The maximum atomic E-state index is 9.73. The molecular formula is C13H12N3O+. The number of aryl methyl sites for hydroxylation is 1. The summed E-state index contributed by atoms with van der Waals surface area (Å²) in [4.78, 5) is 0. The summed E-state index contributed by atoms with van der Waals surface area (Å²) in [5.74, 6) is 0. The van der Waals surface area contributed by atoms with Crippen molar-refractivity contribution in [3.8, 4) is 5.69 Å². The third kappa shape index (κ3) is 1.54. The second kappa shape index (κ2) is 3.59. The Balaban J connectivity index is 2.34. The fourth-order valence-electron chi connectivity index (χ4n) is 1.96. The number of nitrogens with zero attached hydrogens (tertiary/aromatic N) is 3. The van der Waals surface area contributed by atoms with Crippen molar-refractivity contribution in [3.63, 3.8) is 0 Å². The van der Waals surface area contributed by atoms with Gasteiger partial charge in [-0.15, -0.1) is 0 Å². The molecule has 0 aliphatic rings. The Morgan fingerprint density at radius 3 is 2.82 bits per heavy atom. The van der Waals surface area contributed by atoms with Crippen molar-refractivity contribution in [2.75, 3.05) is 0 Å². The topological polar surface area (TPSA) is 41.9 Å². The van der Waals surface area contributed by atoms with E-state index in [1.54, 1.807) is 6.20 Å². The van der Waals surface area contributed by atoms with Crippen molar-refractivity contribution in [1.29, 1.82) is 0 Å². The maximum Gasteiger partial charge on any atom is 0.266 e. The van der Waals surface area contributed by atoms with Crippen molar-refractivity contribution in [1.82, 2.24) is 9.78 Å². The average molecular weight is 226 g/mol. The second-order valence-electron chi connectivity index (χ2n) is 3.96. The van der Waals surface area contributed by atoms with Crippen LogP contribution in [0, 0.1) is 6.92 Å². The van der Waals surface area contributed by atoms with E-state index in [4.69, 9.17) is 0 Å². The molecule has 0 unspecified atom stereocenters. The van der Waals surface area contributed by atoms with E-state index in [-0.39, 0.29) is 0 Å². The lowest BCUT2D eigenvalue weighted by Gasteiger charge is -2.03. The number of rotatable bonds is 1. The van der Waals surface area contributed by atoms with Gasteiger partial charge in [0.15, 0.2) is 0 Å². The summed E-state index contributed by atoms with van der Waals surface area (Å²) < 4.78 is 2.94. The molecule has 17 heavy (non-hydrogen) atoms. The largest absolute Gasteiger partial charge is 0.285 e. The Morgan fingerprint density at radius 1 is 1.18 bits per heavy atom. The third-order valence-electron chi connectivity index (χ3n) is 2.77. The second-order valence-corrected chi connectivity index (χ2v) is 3.96. The molecule has 84 valence electrons. The smallest absolute Gasteiger partial charge is 0.266 e. The first-order valence-corrected chi connectivity index (χ1v) is 5.41. The quantitative estimate of drug-likeness (QED) is 0.508. The molecule has 0 radical (unpaired) electrons. The van der Waals surface area contributed by atoms with Crippen molar-refractivity contribution in [3.05, 3.63) is 54.5 Å². The Bertz CT molecular complexity index is 688. The van der Waals surface area contributed by atoms with E-state index in [9.17, 15) is 5.21 Å². The molecule has 4 heteroatoms. The van der Waals surface area contributed by atoms with E-state index < -0.39 is 0 Å². The van der Waals surface area contributed by atoms with Gasteiger partial charge in [0.05, 0.1) is 16.8 Å². The van der Waals surface area contributed by atoms with E-state index in [0.717, 1.165) is 27.0 Å². The molecular weight excluding hydrogens is 214 g/mol. The zero-order valence-corrected chi connectivity index (χ0v) is 9.41. The minimum atomic E-state index is 0.762. The van der Waals surface area contributed by atoms with Crippen molar-refractivity contribution in [2.45, 2.75) is 6.92 Å². The molecule has 0 aliphatic heterocycles. The van der Waals surface area contributed by atoms with Crippen molar-refractivity contribution < 1.29 is 9.94 Å². The zero-order chi connectivity index (χ0) is 11.8. The van der Waals surface area contributed by atoms with Crippen LogP contribution in [0.1, 0.15) is 5.69 Å². The lowest BCUT2D eigenvalue weighted by molar-refractivity contribution is -0.884. The molecule has 2 heterocycles. The number of aromatic nitrogens is 3. The predicted octanol–water partition coefficient (Wildman–Crippen LogP) is 1.86. The van der Waals surface area contributed by atoms with Crippen LogP contribution in [0.2, 0.25) is 0 Å². The molecule has 0 saturated carbocycles. The summed E-state index contributed by atoms with van der Waals surface area (Å²) in [6.45, 7) is 1.95. The molecule has 0 aliphatic carbocycles. The third-order valence-corrected chi connectivity index (χ3v) is 2.77. The van der Waals surface area contributed by atoms with Crippen LogP contribution in [0.15, 0.2) is 48.8 Å². The first kappa shape index (κ1) is 9.84. The van der Waals surface area contributed by atoms with Gasteiger partial charge in [-0.2, -0.15) is 5.10 Å². The molecule has 0 amide bonds. The Kier molecular flexibility index (Phi) is 2.08. The van der Waals surface area contributed by atoms with Crippen LogP contribution >= 0.6 is 0 Å². The predicted molar refractivity (Wildman–Crippen MR) is 63.2 cm³/mol. The van der Waals surface area contributed by atoms with Crippen LogP contribution in [-0.4, -0.2) is 15.0 Å². The highest BCUT2D eigenvalue weighted by Crippen LogP contribution is 2.18. The van der Waals surface area contributed by atoms with Crippen LogP contribution in [0.3, 0.4) is 0 Å². The summed E-state index contributed by atoms with van der Waals surface area (Å²) >= 11 is 0. The van der Waals surface area contributed by atoms with Gasteiger partial charge in [-0.3, -0.25) is 5.21 Å². The molecule has 1 N–H and O–H groups in total.